The van der Waals surface area contributed by atoms with Crippen LogP contribution in [0.2, 0.25) is 0 Å². The van der Waals surface area contributed by atoms with Gasteiger partial charge in [-0.2, -0.15) is 13.2 Å². The zero-order valence-corrected chi connectivity index (χ0v) is 11.7. The molecule has 0 radical (unpaired) electrons. The van der Waals surface area contributed by atoms with E-state index in [1.807, 2.05) is 32.9 Å². The molecule has 1 unspecified atom stereocenters. The maximum absolute atomic E-state index is 12.1. The van der Waals surface area contributed by atoms with Crippen molar-refractivity contribution in [3.8, 4) is 0 Å². The van der Waals surface area contributed by atoms with Gasteiger partial charge in [-0.1, -0.05) is 29.8 Å². The van der Waals surface area contributed by atoms with Gasteiger partial charge < -0.3 is 5.32 Å². The first-order valence-electron chi connectivity index (χ1n) is 6.67. The summed E-state index contributed by atoms with van der Waals surface area (Å²) < 4.78 is 36.2. The quantitative estimate of drug-likeness (QED) is 0.787. The Balaban J connectivity index is 2.35. The van der Waals surface area contributed by atoms with Crippen molar-refractivity contribution in [3.05, 3.63) is 35.4 Å². The highest BCUT2D eigenvalue weighted by Gasteiger charge is 2.26. The minimum atomic E-state index is -4.04. The van der Waals surface area contributed by atoms with Crippen LogP contribution in [0.15, 0.2) is 24.3 Å². The molecule has 1 aromatic rings. The van der Waals surface area contributed by atoms with E-state index in [2.05, 4.69) is 17.4 Å². The van der Waals surface area contributed by atoms with Crippen LogP contribution in [0.4, 0.5) is 13.2 Å². The second-order valence-corrected chi connectivity index (χ2v) is 5.21. The topological polar surface area (TPSA) is 12.0 Å². The van der Waals surface area contributed by atoms with Crippen LogP contribution in [-0.2, 0) is 0 Å². The summed E-state index contributed by atoms with van der Waals surface area (Å²) in [5, 5.41) is 3.33. The lowest BCUT2D eigenvalue weighted by molar-refractivity contribution is -0.135. The zero-order valence-electron chi connectivity index (χ0n) is 11.7. The van der Waals surface area contributed by atoms with Gasteiger partial charge in [-0.25, -0.2) is 0 Å². The van der Waals surface area contributed by atoms with Gasteiger partial charge in [0.1, 0.15) is 0 Å². The van der Waals surface area contributed by atoms with Crippen molar-refractivity contribution in [2.45, 2.75) is 58.3 Å². The average molecular weight is 273 g/mol. The Morgan fingerprint density at radius 2 is 1.68 bits per heavy atom. The number of nitrogens with one attached hydrogen (secondary N) is 1. The molecule has 2 atom stereocenters. The fourth-order valence-electron chi connectivity index (χ4n) is 2.07. The van der Waals surface area contributed by atoms with Crippen LogP contribution >= 0.6 is 0 Å². The molecule has 0 aliphatic carbocycles. The maximum atomic E-state index is 12.1. The zero-order chi connectivity index (χ0) is 14.5. The fourth-order valence-corrected chi connectivity index (χ4v) is 2.07. The number of hydrogen-bond donors (Lipinski definition) is 1. The monoisotopic (exact) mass is 273 g/mol. The first-order chi connectivity index (χ1) is 8.78. The maximum Gasteiger partial charge on any atom is 0.389 e. The Labute approximate surface area is 113 Å². The largest absolute Gasteiger partial charge is 0.389 e. The van der Waals surface area contributed by atoms with Crippen LogP contribution < -0.4 is 5.32 Å². The van der Waals surface area contributed by atoms with Gasteiger partial charge in [-0.3, -0.25) is 0 Å². The molecule has 0 fully saturated rings. The van der Waals surface area contributed by atoms with Gasteiger partial charge in [0.05, 0.1) is 0 Å². The van der Waals surface area contributed by atoms with E-state index in [1.54, 1.807) is 0 Å². The Bertz CT molecular complexity index is 370. The molecule has 0 bridgehead atoms. The number of halogens is 3. The third-order valence-electron chi connectivity index (χ3n) is 3.21. The second kappa shape index (κ2) is 6.94. The Morgan fingerprint density at radius 3 is 2.21 bits per heavy atom. The fraction of sp³-hybridized carbons (Fsp3) is 0.600. The van der Waals surface area contributed by atoms with Gasteiger partial charge in [0.15, 0.2) is 0 Å². The summed E-state index contributed by atoms with van der Waals surface area (Å²) in [7, 11) is 0. The van der Waals surface area contributed by atoms with Crippen LogP contribution in [0, 0.1) is 6.92 Å². The third-order valence-corrected chi connectivity index (χ3v) is 3.21. The van der Waals surface area contributed by atoms with Gasteiger partial charge in [0.2, 0.25) is 0 Å². The first-order valence-corrected chi connectivity index (χ1v) is 6.67. The molecule has 0 spiro atoms. The number of rotatable bonds is 6. The second-order valence-electron chi connectivity index (χ2n) is 5.21. The van der Waals surface area contributed by atoms with Gasteiger partial charge in [0.25, 0.3) is 0 Å². The number of alkyl halides is 3. The molecule has 1 N–H and O–H groups in total. The van der Waals surface area contributed by atoms with Crippen molar-refractivity contribution in [2.24, 2.45) is 0 Å². The van der Waals surface area contributed by atoms with Crippen molar-refractivity contribution in [1.29, 1.82) is 0 Å². The van der Waals surface area contributed by atoms with E-state index < -0.39 is 12.6 Å². The van der Waals surface area contributed by atoms with E-state index in [0.29, 0.717) is 6.42 Å². The Hall–Kier alpha value is -1.03. The molecule has 1 rings (SSSR count). The molecule has 108 valence electrons. The highest BCUT2D eigenvalue weighted by atomic mass is 19.4. The van der Waals surface area contributed by atoms with Crippen LogP contribution in [0.25, 0.3) is 0 Å². The van der Waals surface area contributed by atoms with Crippen LogP contribution in [-0.4, -0.2) is 12.2 Å². The van der Waals surface area contributed by atoms with E-state index in [1.165, 1.54) is 5.56 Å². The molecule has 0 aliphatic heterocycles. The van der Waals surface area contributed by atoms with Gasteiger partial charge in [-0.15, -0.1) is 0 Å². The summed E-state index contributed by atoms with van der Waals surface area (Å²) >= 11 is 0. The molecule has 0 saturated heterocycles. The molecule has 0 saturated carbocycles. The molecule has 0 aliphatic rings. The molecule has 0 heterocycles. The molecule has 1 aromatic carbocycles. The highest BCUT2D eigenvalue weighted by molar-refractivity contribution is 5.23. The van der Waals surface area contributed by atoms with Crippen molar-refractivity contribution < 1.29 is 13.2 Å². The van der Waals surface area contributed by atoms with Crippen molar-refractivity contribution in [3.63, 3.8) is 0 Å². The lowest BCUT2D eigenvalue weighted by atomic mass is 10.0. The van der Waals surface area contributed by atoms with E-state index >= 15 is 0 Å². The third kappa shape index (κ3) is 6.62. The van der Waals surface area contributed by atoms with Crippen LogP contribution in [0.1, 0.15) is 50.3 Å². The van der Waals surface area contributed by atoms with Crippen molar-refractivity contribution >= 4 is 0 Å². The molecule has 4 heteroatoms. The molecule has 19 heavy (non-hydrogen) atoms. The molecular weight excluding hydrogens is 251 g/mol. The molecular formula is C15H22F3N. The number of benzene rings is 1. The van der Waals surface area contributed by atoms with E-state index in [-0.39, 0.29) is 18.5 Å². The standard InChI is InChI=1S/C15H22F3N/c1-11-6-8-14(9-7-11)13(3)19-12(2)5-4-10-15(16,17)18/h6-9,12-13,19H,4-5,10H2,1-3H3/t12?,13-/m1/s1. The average Bonchev–Trinajstić information content (AvgIpc) is 2.27. The summed E-state index contributed by atoms with van der Waals surface area (Å²) in [4.78, 5) is 0. The summed E-state index contributed by atoms with van der Waals surface area (Å²) in [6.45, 7) is 5.99. The predicted molar refractivity (Wildman–Crippen MR) is 72.1 cm³/mol. The predicted octanol–water partition coefficient (Wildman–Crippen LogP) is 4.77. The number of hydrogen-bond acceptors (Lipinski definition) is 1. The minimum Gasteiger partial charge on any atom is -0.308 e. The molecule has 1 nitrogen and oxygen atoms in total. The van der Waals surface area contributed by atoms with Crippen molar-refractivity contribution in [2.75, 3.05) is 0 Å². The highest BCUT2D eigenvalue weighted by Crippen LogP contribution is 2.23. The summed E-state index contributed by atoms with van der Waals surface area (Å²) in [6.07, 6.45) is -4.02. The van der Waals surface area contributed by atoms with Gasteiger partial charge in [-0.05, 0) is 39.2 Å². The lowest BCUT2D eigenvalue weighted by Gasteiger charge is -2.20. The van der Waals surface area contributed by atoms with E-state index in [4.69, 9.17) is 0 Å². The summed E-state index contributed by atoms with van der Waals surface area (Å²) in [6, 6.07) is 8.43. The normalized spacial score (nSPS) is 15.3. The van der Waals surface area contributed by atoms with Crippen LogP contribution in [0.5, 0.6) is 0 Å². The smallest absolute Gasteiger partial charge is 0.308 e. The SMILES string of the molecule is Cc1ccc([C@@H](C)NC(C)CCCC(F)(F)F)cc1. The number of aryl methyl sites for hydroxylation is 1. The minimum absolute atomic E-state index is 0.0821. The molecule has 0 amide bonds. The first kappa shape index (κ1) is 16.0. The van der Waals surface area contributed by atoms with E-state index in [9.17, 15) is 13.2 Å². The van der Waals surface area contributed by atoms with E-state index in [0.717, 1.165) is 5.56 Å². The molecule has 0 aromatic heterocycles. The van der Waals surface area contributed by atoms with Gasteiger partial charge in [0, 0.05) is 18.5 Å². The summed E-state index contributed by atoms with van der Waals surface area (Å²) in [5.41, 5.74) is 2.36. The Kier molecular flexibility index (Phi) is 5.85. The van der Waals surface area contributed by atoms with Gasteiger partial charge >= 0.3 is 6.18 Å². The van der Waals surface area contributed by atoms with Crippen molar-refractivity contribution in [1.82, 2.24) is 5.32 Å². The Morgan fingerprint density at radius 1 is 1.11 bits per heavy atom. The lowest BCUT2D eigenvalue weighted by Crippen LogP contribution is -2.29. The summed E-state index contributed by atoms with van der Waals surface area (Å²) in [5.74, 6) is 0. The van der Waals surface area contributed by atoms with Crippen LogP contribution in [0.3, 0.4) is 0 Å².